The van der Waals surface area contributed by atoms with Crippen molar-refractivity contribution in [2.45, 2.75) is 18.4 Å². The molecule has 31 heavy (non-hydrogen) atoms. The van der Waals surface area contributed by atoms with E-state index in [1.165, 1.54) is 0 Å². The zero-order valence-corrected chi connectivity index (χ0v) is 18.3. The highest BCUT2D eigenvalue weighted by molar-refractivity contribution is 7.98. The maximum Gasteiger partial charge on any atom is 0.270 e. The van der Waals surface area contributed by atoms with Crippen LogP contribution in [-0.4, -0.2) is 41.9 Å². The summed E-state index contributed by atoms with van der Waals surface area (Å²) in [4.78, 5) is 24.6. The van der Waals surface area contributed by atoms with E-state index in [4.69, 9.17) is 9.47 Å². The van der Waals surface area contributed by atoms with Gasteiger partial charge in [-0.15, -0.1) is 11.8 Å². The normalized spacial score (nSPS) is 12.6. The van der Waals surface area contributed by atoms with Crippen LogP contribution < -0.4 is 19.7 Å². The monoisotopic (exact) mass is 436 g/mol. The van der Waals surface area contributed by atoms with Gasteiger partial charge in [-0.1, -0.05) is 6.07 Å². The Bertz CT molecular complexity index is 1060. The van der Waals surface area contributed by atoms with E-state index in [0.29, 0.717) is 37.9 Å². The van der Waals surface area contributed by atoms with Crippen molar-refractivity contribution in [1.29, 1.82) is 0 Å². The number of fused-ring (bicyclic) bond motifs is 1. The van der Waals surface area contributed by atoms with Crippen molar-refractivity contribution in [2.75, 3.05) is 30.9 Å². The van der Waals surface area contributed by atoms with E-state index < -0.39 is 0 Å². The minimum atomic E-state index is -0.266. The van der Waals surface area contributed by atoms with Gasteiger partial charge in [0.2, 0.25) is 5.88 Å². The molecule has 3 heterocycles. The van der Waals surface area contributed by atoms with E-state index in [1.54, 1.807) is 24.0 Å². The molecule has 7 nitrogen and oxygen atoms in total. The van der Waals surface area contributed by atoms with Crippen molar-refractivity contribution in [2.24, 2.45) is 0 Å². The summed E-state index contributed by atoms with van der Waals surface area (Å²) in [7, 11) is 0. The first-order valence-corrected chi connectivity index (χ1v) is 11.3. The quantitative estimate of drug-likeness (QED) is 0.560. The number of carbonyl (C=O) groups is 1. The topological polar surface area (TPSA) is 76.6 Å². The Hall–Kier alpha value is -3.26. The summed E-state index contributed by atoms with van der Waals surface area (Å²) in [5.41, 5.74) is 2.92. The lowest BCUT2D eigenvalue weighted by atomic mass is 10.2. The summed E-state index contributed by atoms with van der Waals surface area (Å²) in [5.74, 6) is 0.997. The predicted octanol–water partition coefficient (Wildman–Crippen LogP) is 4.06. The molecule has 4 rings (SSSR count). The third kappa shape index (κ3) is 4.91. The van der Waals surface area contributed by atoms with Gasteiger partial charge in [0, 0.05) is 22.8 Å². The van der Waals surface area contributed by atoms with Crippen molar-refractivity contribution in [1.82, 2.24) is 15.3 Å². The molecular formula is C23H24N4O3S. The van der Waals surface area contributed by atoms with Crippen molar-refractivity contribution < 1.29 is 14.3 Å². The fourth-order valence-electron chi connectivity index (χ4n) is 3.30. The van der Waals surface area contributed by atoms with Gasteiger partial charge in [-0.25, -0.2) is 4.98 Å². The minimum absolute atomic E-state index is 0.266. The molecule has 1 N–H and O–H groups in total. The second-order valence-corrected chi connectivity index (χ2v) is 7.70. The summed E-state index contributed by atoms with van der Waals surface area (Å²) in [6, 6.07) is 15.4. The summed E-state index contributed by atoms with van der Waals surface area (Å²) in [6.07, 6.45) is 3.80. The third-order valence-electron chi connectivity index (χ3n) is 4.82. The first-order chi connectivity index (χ1) is 15.2. The molecule has 0 radical (unpaired) electrons. The van der Waals surface area contributed by atoms with Gasteiger partial charge in [-0.2, -0.15) is 0 Å². The molecule has 0 spiro atoms. The van der Waals surface area contributed by atoms with Crippen molar-refractivity contribution in [3.8, 4) is 11.6 Å². The van der Waals surface area contributed by atoms with Crippen LogP contribution >= 0.6 is 11.8 Å². The first kappa shape index (κ1) is 21.0. The summed E-state index contributed by atoms with van der Waals surface area (Å²) >= 11 is 1.63. The number of nitrogens with one attached hydrogen (secondary N) is 1. The highest BCUT2D eigenvalue weighted by Crippen LogP contribution is 2.36. The van der Waals surface area contributed by atoms with Gasteiger partial charge in [-0.05, 0) is 49.6 Å². The fourth-order valence-corrected chi connectivity index (χ4v) is 3.66. The maximum absolute atomic E-state index is 12.6. The van der Waals surface area contributed by atoms with E-state index in [-0.39, 0.29) is 5.91 Å². The van der Waals surface area contributed by atoms with Crippen molar-refractivity contribution in [3.63, 3.8) is 0 Å². The number of thioether (sulfide) groups is 1. The van der Waals surface area contributed by atoms with Crippen LogP contribution in [0.25, 0.3) is 0 Å². The average Bonchev–Trinajstić information content (AvgIpc) is 2.82. The SMILES string of the molecule is CCOc1cccc(N2CCOc3nc(C(=O)NCc4ccc(SC)cn4)ccc32)c1. The molecule has 1 amide bonds. The molecule has 8 heteroatoms. The largest absolute Gasteiger partial charge is 0.494 e. The molecule has 1 aliphatic heterocycles. The standard InChI is InChI=1S/C23H24N4O3S/c1-3-29-18-6-4-5-17(13-18)27-11-12-30-23-21(27)10-9-20(26-23)22(28)25-14-16-7-8-19(31-2)15-24-16/h4-10,13,15H,3,11-12,14H2,1-2H3,(H,25,28). The van der Waals surface area contributed by atoms with Gasteiger partial charge in [0.1, 0.15) is 23.7 Å². The molecule has 0 atom stereocenters. The highest BCUT2D eigenvalue weighted by atomic mass is 32.2. The smallest absolute Gasteiger partial charge is 0.270 e. The van der Waals surface area contributed by atoms with Gasteiger partial charge < -0.3 is 19.7 Å². The lowest BCUT2D eigenvalue weighted by molar-refractivity contribution is 0.0944. The maximum atomic E-state index is 12.6. The molecule has 0 bridgehead atoms. The van der Waals surface area contributed by atoms with Gasteiger partial charge in [0.25, 0.3) is 5.91 Å². The second kappa shape index (κ2) is 9.70. The molecular weight excluding hydrogens is 412 g/mol. The van der Waals surface area contributed by atoms with Crippen LogP contribution in [0.15, 0.2) is 59.6 Å². The summed E-state index contributed by atoms with van der Waals surface area (Å²) < 4.78 is 11.4. The van der Waals surface area contributed by atoms with Crippen LogP contribution in [0, 0.1) is 0 Å². The van der Waals surface area contributed by atoms with Crippen LogP contribution in [0.2, 0.25) is 0 Å². The summed E-state index contributed by atoms with van der Waals surface area (Å²) in [6.45, 7) is 4.08. The molecule has 0 saturated carbocycles. The lowest BCUT2D eigenvalue weighted by Crippen LogP contribution is -2.30. The predicted molar refractivity (Wildman–Crippen MR) is 122 cm³/mol. The molecule has 0 aliphatic carbocycles. The number of amides is 1. The summed E-state index contributed by atoms with van der Waals surface area (Å²) in [5, 5.41) is 2.87. The van der Waals surface area contributed by atoms with Crippen LogP contribution in [-0.2, 0) is 6.54 Å². The van der Waals surface area contributed by atoms with E-state index in [9.17, 15) is 4.79 Å². The number of benzene rings is 1. The van der Waals surface area contributed by atoms with Crippen LogP contribution in [0.1, 0.15) is 23.1 Å². The third-order valence-corrected chi connectivity index (χ3v) is 5.53. The molecule has 2 aromatic heterocycles. The highest BCUT2D eigenvalue weighted by Gasteiger charge is 2.23. The minimum Gasteiger partial charge on any atom is -0.494 e. The number of rotatable bonds is 7. The van der Waals surface area contributed by atoms with E-state index in [0.717, 1.165) is 27.7 Å². The number of aromatic nitrogens is 2. The molecule has 160 valence electrons. The number of pyridine rings is 2. The van der Waals surface area contributed by atoms with E-state index in [2.05, 4.69) is 20.2 Å². The van der Waals surface area contributed by atoms with Crippen molar-refractivity contribution in [3.05, 3.63) is 66.1 Å². The Morgan fingerprint density at radius 2 is 2.16 bits per heavy atom. The van der Waals surface area contributed by atoms with Crippen LogP contribution in [0.4, 0.5) is 11.4 Å². The van der Waals surface area contributed by atoms with Gasteiger partial charge in [-0.3, -0.25) is 9.78 Å². The Labute approximate surface area is 185 Å². The van der Waals surface area contributed by atoms with E-state index in [1.807, 2.05) is 55.6 Å². The second-order valence-electron chi connectivity index (χ2n) is 6.82. The molecule has 3 aromatic rings. The average molecular weight is 437 g/mol. The molecule has 0 fully saturated rings. The zero-order valence-electron chi connectivity index (χ0n) is 17.5. The van der Waals surface area contributed by atoms with Crippen LogP contribution in [0.3, 0.4) is 0 Å². The van der Waals surface area contributed by atoms with E-state index >= 15 is 0 Å². The zero-order chi connectivity index (χ0) is 21.6. The Morgan fingerprint density at radius 1 is 1.26 bits per heavy atom. The lowest BCUT2D eigenvalue weighted by Gasteiger charge is -2.30. The number of nitrogens with zero attached hydrogens (tertiary/aromatic N) is 3. The number of ether oxygens (including phenoxy) is 2. The van der Waals surface area contributed by atoms with Gasteiger partial charge >= 0.3 is 0 Å². The molecule has 0 saturated heterocycles. The first-order valence-electron chi connectivity index (χ1n) is 10.1. The Kier molecular flexibility index (Phi) is 6.57. The van der Waals surface area contributed by atoms with Gasteiger partial charge in [0.15, 0.2) is 0 Å². The number of hydrogen-bond acceptors (Lipinski definition) is 7. The van der Waals surface area contributed by atoms with Crippen LogP contribution in [0.5, 0.6) is 11.6 Å². The molecule has 1 aromatic carbocycles. The molecule has 0 unspecified atom stereocenters. The Morgan fingerprint density at radius 3 is 2.94 bits per heavy atom. The number of carbonyl (C=O) groups excluding carboxylic acids is 1. The fraction of sp³-hybridized carbons (Fsp3) is 0.261. The van der Waals surface area contributed by atoms with Gasteiger partial charge in [0.05, 0.1) is 25.4 Å². The Balaban J connectivity index is 1.48. The number of anilines is 2. The molecule has 1 aliphatic rings. The number of hydrogen-bond donors (Lipinski definition) is 1. The van der Waals surface area contributed by atoms with Crippen molar-refractivity contribution >= 4 is 29.0 Å².